The SMILES string of the molecule is C[C@H]1C(=O)NCCN1Cc1cc2ccc(Cl)cc2cn1. The third-order valence-corrected chi connectivity index (χ3v) is 3.97. The number of fused-ring (bicyclic) bond motifs is 1. The molecule has 1 aromatic carbocycles. The van der Waals surface area contributed by atoms with Crippen LogP contribution in [0.5, 0.6) is 0 Å². The summed E-state index contributed by atoms with van der Waals surface area (Å²) in [6.45, 7) is 4.17. The molecule has 0 spiro atoms. The zero-order chi connectivity index (χ0) is 14.1. The molecule has 1 aromatic heterocycles. The third kappa shape index (κ3) is 2.62. The predicted molar refractivity (Wildman–Crippen MR) is 79.6 cm³/mol. The van der Waals surface area contributed by atoms with E-state index in [1.165, 1.54) is 0 Å². The van der Waals surface area contributed by atoms with Crippen molar-refractivity contribution in [1.82, 2.24) is 15.2 Å². The van der Waals surface area contributed by atoms with E-state index in [1.807, 2.05) is 31.3 Å². The summed E-state index contributed by atoms with van der Waals surface area (Å²) in [7, 11) is 0. The van der Waals surface area contributed by atoms with Crippen LogP contribution in [-0.4, -0.2) is 34.9 Å². The van der Waals surface area contributed by atoms with Crippen LogP contribution >= 0.6 is 11.6 Å². The molecule has 1 saturated heterocycles. The summed E-state index contributed by atoms with van der Waals surface area (Å²) >= 11 is 5.97. The second-order valence-electron chi connectivity index (χ2n) is 5.10. The minimum Gasteiger partial charge on any atom is -0.353 e. The number of halogens is 1. The highest BCUT2D eigenvalue weighted by Gasteiger charge is 2.25. The van der Waals surface area contributed by atoms with Crippen LogP contribution in [0.3, 0.4) is 0 Å². The maximum Gasteiger partial charge on any atom is 0.237 e. The van der Waals surface area contributed by atoms with Gasteiger partial charge in [-0.1, -0.05) is 17.7 Å². The number of nitrogens with one attached hydrogen (secondary N) is 1. The van der Waals surface area contributed by atoms with Crippen LogP contribution in [0.1, 0.15) is 12.6 Å². The smallest absolute Gasteiger partial charge is 0.237 e. The van der Waals surface area contributed by atoms with Gasteiger partial charge in [0.05, 0.1) is 11.7 Å². The summed E-state index contributed by atoms with van der Waals surface area (Å²) in [5.41, 5.74) is 0.973. The van der Waals surface area contributed by atoms with Gasteiger partial charge < -0.3 is 5.32 Å². The number of rotatable bonds is 2. The van der Waals surface area contributed by atoms with E-state index in [1.54, 1.807) is 0 Å². The van der Waals surface area contributed by atoms with Gasteiger partial charge in [-0.25, -0.2) is 0 Å². The molecule has 4 nitrogen and oxygen atoms in total. The van der Waals surface area contributed by atoms with Crippen LogP contribution in [-0.2, 0) is 11.3 Å². The lowest BCUT2D eigenvalue weighted by molar-refractivity contribution is -0.128. The molecule has 1 atom stereocenters. The van der Waals surface area contributed by atoms with Crippen LogP contribution < -0.4 is 5.32 Å². The fourth-order valence-corrected chi connectivity index (χ4v) is 2.68. The maximum absolute atomic E-state index is 11.7. The Hall–Kier alpha value is -1.65. The number of amides is 1. The van der Waals surface area contributed by atoms with Crippen molar-refractivity contribution in [2.45, 2.75) is 19.5 Å². The number of carbonyl (C=O) groups excluding carboxylic acids is 1. The van der Waals surface area contributed by atoms with E-state index in [0.29, 0.717) is 18.1 Å². The van der Waals surface area contributed by atoms with Crippen molar-refractivity contribution in [3.05, 3.63) is 41.2 Å². The Morgan fingerprint density at radius 2 is 2.25 bits per heavy atom. The third-order valence-electron chi connectivity index (χ3n) is 3.73. The number of piperazine rings is 1. The molecule has 2 heterocycles. The predicted octanol–water partition coefficient (Wildman–Crippen LogP) is 2.21. The molecule has 104 valence electrons. The summed E-state index contributed by atoms with van der Waals surface area (Å²) in [6, 6.07) is 7.74. The average molecular weight is 290 g/mol. The van der Waals surface area contributed by atoms with Gasteiger partial charge in [0.25, 0.3) is 0 Å². The molecule has 2 aromatic rings. The summed E-state index contributed by atoms with van der Waals surface area (Å²) < 4.78 is 0. The molecule has 1 aliphatic rings. The highest BCUT2D eigenvalue weighted by Crippen LogP contribution is 2.20. The van der Waals surface area contributed by atoms with Crippen molar-refractivity contribution in [3.63, 3.8) is 0 Å². The topological polar surface area (TPSA) is 45.2 Å². The number of hydrogen-bond acceptors (Lipinski definition) is 3. The molecule has 0 bridgehead atoms. The van der Waals surface area contributed by atoms with Crippen molar-refractivity contribution in [2.24, 2.45) is 0 Å². The molecule has 1 N–H and O–H groups in total. The van der Waals surface area contributed by atoms with Gasteiger partial charge >= 0.3 is 0 Å². The normalized spacial score (nSPS) is 20.1. The molecule has 0 aliphatic carbocycles. The van der Waals surface area contributed by atoms with E-state index in [9.17, 15) is 4.79 Å². The minimum atomic E-state index is -0.105. The lowest BCUT2D eigenvalue weighted by Crippen LogP contribution is -2.53. The highest BCUT2D eigenvalue weighted by molar-refractivity contribution is 6.31. The molecule has 0 unspecified atom stereocenters. The molecular formula is C15H16ClN3O. The Bertz CT molecular complexity index is 659. The maximum atomic E-state index is 11.7. The zero-order valence-electron chi connectivity index (χ0n) is 11.3. The second kappa shape index (κ2) is 5.38. The van der Waals surface area contributed by atoms with Gasteiger partial charge in [-0.2, -0.15) is 0 Å². The van der Waals surface area contributed by atoms with E-state index >= 15 is 0 Å². The van der Waals surface area contributed by atoms with Gasteiger partial charge in [0.15, 0.2) is 0 Å². The van der Waals surface area contributed by atoms with Gasteiger partial charge in [0.1, 0.15) is 0 Å². The van der Waals surface area contributed by atoms with Gasteiger partial charge in [0.2, 0.25) is 5.91 Å². The number of carbonyl (C=O) groups is 1. The highest BCUT2D eigenvalue weighted by atomic mass is 35.5. The number of hydrogen-bond donors (Lipinski definition) is 1. The summed E-state index contributed by atoms with van der Waals surface area (Å²) in [4.78, 5) is 18.3. The molecule has 0 radical (unpaired) electrons. The minimum absolute atomic E-state index is 0.0869. The first kappa shape index (κ1) is 13.3. The Balaban J connectivity index is 1.84. The molecule has 1 fully saturated rings. The molecule has 3 rings (SSSR count). The lowest BCUT2D eigenvalue weighted by Gasteiger charge is -2.32. The molecule has 20 heavy (non-hydrogen) atoms. The fourth-order valence-electron chi connectivity index (χ4n) is 2.50. The quantitative estimate of drug-likeness (QED) is 0.922. The molecular weight excluding hydrogens is 274 g/mol. The Kier molecular flexibility index (Phi) is 3.59. The second-order valence-corrected chi connectivity index (χ2v) is 5.54. The Morgan fingerprint density at radius 3 is 3.10 bits per heavy atom. The number of aromatic nitrogens is 1. The molecule has 1 aliphatic heterocycles. The van der Waals surface area contributed by atoms with E-state index in [4.69, 9.17) is 11.6 Å². The first-order valence-corrected chi connectivity index (χ1v) is 7.07. The number of benzene rings is 1. The van der Waals surface area contributed by atoms with Crippen molar-refractivity contribution < 1.29 is 4.79 Å². The van der Waals surface area contributed by atoms with E-state index in [-0.39, 0.29) is 11.9 Å². The van der Waals surface area contributed by atoms with Crippen LogP contribution in [0.25, 0.3) is 10.8 Å². The lowest BCUT2D eigenvalue weighted by atomic mass is 10.1. The van der Waals surface area contributed by atoms with Crippen molar-refractivity contribution in [2.75, 3.05) is 13.1 Å². The fraction of sp³-hybridized carbons (Fsp3) is 0.333. The first-order valence-electron chi connectivity index (χ1n) is 6.69. The molecule has 1 amide bonds. The van der Waals surface area contributed by atoms with Crippen molar-refractivity contribution in [3.8, 4) is 0 Å². The average Bonchev–Trinajstić information content (AvgIpc) is 2.44. The molecule has 0 saturated carbocycles. The largest absolute Gasteiger partial charge is 0.353 e. The zero-order valence-corrected chi connectivity index (χ0v) is 12.0. The Morgan fingerprint density at radius 1 is 1.40 bits per heavy atom. The van der Waals surface area contributed by atoms with Crippen molar-refractivity contribution in [1.29, 1.82) is 0 Å². The van der Waals surface area contributed by atoms with Crippen LogP contribution in [0.4, 0.5) is 0 Å². The van der Waals surface area contributed by atoms with Crippen LogP contribution in [0.15, 0.2) is 30.5 Å². The van der Waals surface area contributed by atoms with Gasteiger partial charge in [0, 0.05) is 36.2 Å². The summed E-state index contributed by atoms with van der Waals surface area (Å²) in [5, 5.41) is 5.74. The van der Waals surface area contributed by atoms with Crippen LogP contribution in [0, 0.1) is 0 Å². The standard InChI is InChI=1S/C15H16ClN3O/c1-10-15(20)17-4-5-19(10)9-14-7-11-2-3-13(16)6-12(11)8-18-14/h2-3,6-8,10H,4-5,9H2,1H3,(H,17,20)/t10-/m0/s1. The Labute approximate surface area is 122 Å². The van der Waals surface area contributed by atoms with Gasteiger partial charge in [-0.3, -0.25) is 14.7 Å². The van der Waals surface area contributed by atoms with E-state index in [0.717, 1.165) is 23.0 Å². The number of pyridine rings is 1. The van der Waals surface area contributed by atoms with Crippen molar-refractivity contribution >= 4 is 28.3 Å². The van der Waals surface area contributed by atoms with E-state index in [2.05, 4.69) is 21.3 Å². The van der Waals surface area contributed by atoms with Crippen LogP contribution in [0.2, 0.25) is 5.02 Å². The van der Waals surface area contributed by atoms with E-state index < -0.39 is 0 Å². The summed E-state index contributed by atoms with van der Waals surface area (Å²) in [6.07, 6.45) is 1.84. The van der Waals surface area contributed by atoms with Gasteiger partial charge in [-0.05, 0) is 30.5 Å². The summed E-state index contributed by atoms with van der Waals surface area (Å²) in [5.74, 6) is 0.0869. The molecule has 5 heteroatoms. The monoisotopic (exact) mass is 289 g/mol. The number of nitrogens with zero attached hydrogens (tertiary/aromatic N) is 2. The van der Waals surface area contributed by atoms with Gasteiger partial charge in [-0.15, -0.1) is 0 Å². The first-order chi connectivity index (χ1) is 9.63.